The first-order chi connectivity index (χ1) is 15.3. The van der Waals surface area contributed by atoms with Gasteiger partial charge in [-0.25, -0.2) is 0 Å². The fourth-order valence-electron chi connectivity index (χ4n) is 11.5. The highest BCUT2D eigenvalue weighted by Crippen LogP contribution is 2.77. The van der Waals surface area contributed by atoms with Gasteiger partial charge >= 0.3 is 5.97 Å². The van der Waals surface area contributed by atoms with Gasteiger partial charge in [0, 0.05) is 0 Å². The van der Waals surface area contributed by atoms with E-state index in [2.05, 4.69) is 48.1 Å². The molecule has 5 aliphatic carbocycles. The molecule has 0 aromatic heterocycles. The van der Waals surface area contributed by atoms with E-state index in [1.54, 1.807) is 0 Å². The summed E-state index contributed by atoms with van der Waals surface area (Å²) in [6, 6.07) is 0. The number of aliphatic hydroxyl groups is 1. The lowest BCUT2D eigenvalue weighted by molar-refractivity contribution is -0.248. The van der Waals surface area contributed by atoms with E-state index in [0.29, 0.717) is 23.7 Å². The minimum Gasteiger partial charge on any atom is -0.481 e. The molecule has 5 fully saturated rings. The summed E-state index contributed by atoms with van der Waals surface area (Å²) < 4.78 is 0. The number of aliphatic carboxylic acids is 1. The number of aliphatic hydroxyl groups excluding tert-OH is 1. The lowest BCUT2D eigenvalue weighted by atomic mass is 9.32. The minimum atomic E-state index is -0.538. The van der Waals surface area contributed by atoms with E-state index in [1.165, 1.54) is 31.3 Å². The van der Waals surface area contributed by atoms with Gasteiger partial charge in [-0.3, -0.25) is 4.79 Å². The maximum Gasteiger partial charge on any atom is 0.309 e. The SMILES string of the molecule is C=C(C)[C@@H]1CC[C@]2(C(=O)O)CC[C@]3(C)[C@H](CC[C@@H]4[C@@]5(C)CC[C@H](O)C(C)(C)[C@@H]5CC[C@]43C)C12. The van der Waals surface area contributed by atoms with E-state index in [9.17, 15) is 15.0 Å². The molecule has 1 unspecified atom stereocenters. The molecular formula is C30H48O3. The molecule has 0 spiro atoms. The lowest BCUT2D eigenvalue weighted by Crippen LogP contribution is -2.67. The number of rotatable bonds is 2. The number of fused-ring (bicyclic) bond motifs is 7. The number of carbonyl (C=O) groups is 1. The van der Waals surface area contributed by atoms with Crippen LogP contribution in [-0.2, 0) is 4.79 Å². The van der Waals surface area contributed by atoms with Gasteiger partial charge in [-0.05, 0) is 122 Å². The molecule has 0 aromatic rings. The summed E-state index contributed by atoms with van der Waals surface area (Å²) in [5, 5.41) is 21.4. The summed E-state index contributed by atoms with van der Waals surface area (Å²) in [5.41, 5.74) is 1.35. The molecule has 2 N–H and O–H groups in total. The Labute approximate surface area is 201 Å². The van der Waals surface area contributed by atoms with Crippen LogP contribution in [0.15, 0.2) is 12.2 Å². The van der Waals surface area contributed by atoms with E-state index in [1.807, 2.05) is 0 Å². The maximum atomic E-state index is 12.8. The molecule has 33 heavy (non-hydrogen) atoms. The first kappa shape index (κ1) is 23.9. The fraction of sp³-hybridized carbons (Fsp3) is 0.900. The molecule has 0 radical (unpaired) electrons. The molecule has 0 aliphatic heterocycles. The molecule has 0 heterocycles. The Balaban J connectivity index is 1.57. The molecule has 10 atom stereocenters. The highest BCUT2D eigenvalue weighted by molar-refractivity contribution is 5.76. The van der Waals surface area contributed by atoms with Crippen molar-refractivity contribution in [3.63, 3.8) is 0 Å². The van der Waals surface area contributed by atoms with Gasteiger partial charge in [0.15, 0.2) is 0 Å². The summed E-state index contributed by atoms with van der Waals surface area (Å²) in [6.45, 7) is 18.8. The van der Waals surface area contributed by atoms with Crippen molar-refractivity contribution < 1.29 is 15.0 Å². The van der Waals surface area contributed by atoms with Gasteiger partial charge in [-0.2, -0.15) is 0 Å². The molecule has 0 bridgehead atoms. The molecule has 3 nitrogen and oxygen atoms in total. The summed E-state index contributed by atoms with van der Waals surface area (Å²) in [7, 11) is 0. The van der Waals surface area contributed by atoms with Gasteiger partial charge < -0.3 is 10.2 Å². The smallest absolute Gasteiger partial charge is 0.309 e. The first-order valence-corrected chi connectivity index (χ1v) is 13.8. The average molecular weight is 457 g/mol. The Morgan fingerprint density at radius 2 is 1.52 bits per heavy atom. The van der Waals surface area contributed by atoms with Crippen LogP contribution in [0, 0.1) is 56.7 Å². The van der Waals surface area contributed by atoms with Crippen LogP contribution in [-0.4, -0.2) is 22.3 Å². The zero-order valence-electron chi connectivity index (χ0n) is 22.0. The van der Waals surface area contributed by atoms with Crippen molar-refractivity contribution in [1.82, 2.24) is 0 Å². The van der Waals surface area contributed by atoms with Crippen molar-refractivity contribution in [2.24, 2.45) is 56.7 Å². The quantitative estimate of drug-likeness (QED) is 0.436. The molecule has 5 saturated carbocycles. The minimum absolute atomic E-state index is 0.0202. The third-order valence-corrected chi connectivity index (χ3v) is 13.5. The Kier molecular flexibility index (Phi) is 5.15. The standard InChI is InChI=1S/C30H48O3/c1-18(2)19-10-15-30(25(32)33)17-16-28(6)20(24(19)30)8-9-22-27(5)13-12-23(31)26(3,4)21(27)11-14-29(22,28)7/h19-24,31H,1,8-17H2,2-7H3,(H,32,33)/t19-,20+,21-,22+,23-,24?,27-,28+,29+,30-/m0/s1. The van der Waals surface area contributed by atoms with Gasteiger partial charge in [0.2, 0.25) is 0 Å². The Morgan fingerprint density at radius 1 is 0.818 bits per heavy atom. The molecule has 0 aromatic carbocycles. The topological polar surface area (TPSA) is 57.5 Å². The zero-order valence-corrected chi connectivity index (χ0v) is 22.0. The third kappa shape index (κ3) is 2.75. The third-order valence-electron chi connectivity index (χ3n) is 13.5. The lowest BCUT2D eigenvalue weighted by Gasteiger charge is -2.72. The summed E-state index contributed by atoms with van der Waals surface area (Å²) in [5.74, 6) is 1.79. The molecule has 0 saturated heterocycles. The summed E-state index contributed by atoms with van der Waals surface area (Å²) in [4.78, 5) is 12.8. The molecule has 5 aliphatic rings. The number of allylic oxidation sites excluding steroid dienone is 1. The van der Waals surface area contributed by atoms with Crippen molar-refractivity contribution in [3.05, 3.63) is 12.2 Å². The molecule has 5 rings (SSSR count). The predicted molar refractivity (Wildman–Crippen MR) is 133 cm³/mol. The van der Waals surface area contributed by atoms with Gasteiger partial charge in [0.05, 0.1) is 11.5 Å². The number of hydrogen-bond acceptors (Lipinski definition) is 2. The highest BCUT2D eigenvalue weighted by atomic mass is 16.4. The highest BCUT2D eigenvalue weighted by Gasteiger charge is 2.71. The summed E-state index contributed by atoms with van der Waals surface area (Å²) >= 11 is 0. The van der Waals surface area contributed by atoms with Crippen LogP contribution in [0.3, 0.4) is 0 Å². The second-order valence-corrected chi connectivity index (χ2v) is 14.5. The van der Waals surface area contributed by atoms with E-state index >= 15 is 0 Å². The van der Waals surface area contributed by atoms with E-state index < -0.39 is 11.4 Å². The number of hydrogen-bond donors (Lipinski definition) is 2. The second-order valence-electron chi connectivity index (χ2n) is 14.5. The number of carboxylic acids is 1. The molecule has 0 amide bonds. The van der Waals surface area contributed by atoms with Crippen LogP contribution < -0.4 is 0 Å². The van der Waals surface area contributed by atoms with Crippen LogP contribution in [0.4, 0.5) is 0 Å². The predicted octanol–water partition coefficient (Wildman–Crippen LogP) is 7.09. The van der Waals surface area contributed by atoms with Crippen LogP contribution >= 0.6 is 0 Å². The molecule has 3 heteroatoms. The van der Waals surface area contributed by atoms with Crippen molar-refractivity contribution in [3.8, 4) is 0 Å². The van der Waals surface area contributed by atoms with Crippen LogP contribution in [0.1, 0.15) is 106 Å². The second kappa shape index (κ2) is 7.11. The largest absolute Gasteiger partial charge is 0.481 e. The van der Waals surface area contributed by atoms with E-state index in [4.69, 9.17) is 0 Å². The van der Waals surface area contributed by atoms with Gasteiger partial charge in [-0.15, -0.1) is 0 Å². The monoisotopic (exact) mass is 456 g/mol. The van der Waals surface area contributed by atoms with Crippen molar-refractivity contribution in [2.45, 2.75) is 112 Å². The Hall–Kier alpha value is -0.830. The van der Waals surface area contributed by atoms with E-state index in [0.717, 1.165) is 38.5 Å². The van der Waals surface area contributed by atoms with Crippen molar-refractivity contribution in [1.29, 1.82) is 0 Å². The van der Waals surface area contributed by atoms with Crippen LogP contribution in [0.25, 0.3) is 0 Å². The Bertz CT molecular complexity index is 861. The Morgan fingerprint density at radius 3 is 2.15 bits per heavy atom. The van der Waals surface area contributed by atoms with Crippen LogP contribution in [0.2, 0.25) is 0 Å². The van der Waals surface area contributed by atoms with Gasteiger partial charge in [0.25, 0.3) is 0 Å². The molecule has 186 valence electrons. The normalized spacial score (nSPS) is 55.0. The zero-order chi connectivity index (χ0) is 24.2. The van der Waals surface area contributed by atoms with E-state index in [-0.39, 0.29) is 33.7 Å². The van der Waals surface area contributed by atoms with Gasteiger partial charge in [-0.1, -0.05) is 46.8 Å². The summed E-state index contributed by atoms with van der Waals surface area (Å²) in [6.07, 6.45) is 10.5. The maximum absolute atomic E-state index is 12.8. The molecular weight excluding hydrogens is 408 g/mol. The number of carboxylic acid groups (broad SMARTS) is 1. The average Bonchev–Trinajstić information content (AvgIpc) is 3.13. The van der Waals surface area contributed by atoms with Crippen LogP contribution in [0.5, 0.6) is 0 Å². The van der Waals surface area contributed by atoms with Gasteiger partial charge in [0.1, 0.15) is 0 Å². The fourth-order valence-corrected chi connectivity index (χ4v) is 11.5. The first-order valence-electron chi connectivity index (χ1n) is 13.8. The van der Waals surface area contributed by atoms with Crippen molar-refractivity contribution in [2.75, 3.05) is 0 Å². The van der Waals surface area contributed by atoms with Crippen molar-refractivity contribution >= 4 is 5.97 Å².